The van der Waals surface area contributed by atoms with Crippen LogP contribution in [0.1, 0.15) is 54.4 Å². The van der Waals surface area contributed by atoms with Gasteiger partial charge in [0.25, 0.3) is 17.7 Å². The van der Waals surface area contributed by atoms with Gasteiger partial charge in [-0.2, -0.15) is 13.2 Å². The van der Waals surface area contributed by atoms with Gasteiger partial charge in [-0.25, -0.2) is 0 Å². The molecule has 4 aromatic rings. The minimum atomic E-state index is -4.39. The van der Waals surface area contributed by atoms with Crippen LogP contribution < -0.4 is 21.7 Å². The van der Waals surface area contributed by atoms with E-state index >= 15 is 0 Å². The van der Waals surface area contributed by atoms with E-state index in [0.29, 0.717) is 47.0 Å². The van der Waals surface area contributed by atoms with E-state index in [1.807, 2.05) is 0 Å². The van der Waals surface area contributed by atoms with E-state index in [1.165, 1.54) is 18.2 Å². The van der Waals surface area contributed by atoms with Crippen LogP contribution >= 0.6 is 0 Å². The smallest absolute Gasteiger partial charge is 0.387 e. The van der Waals surface area contributed by atoms with E-state index in [1.54, 1.807) is 85.2 Å². The Bertz CT molecular complexity index is 1750. The van der Waals surface area contributed by atoms with Gasteiger partial charge in [0.2, 0.25) is 0 Å². The SMILES string of the molecule is CN=C(N)CCNC(=O)c1cc(NC(=O)c2cc(NC(=O)c3ccc(/C=C/c4ccc(C(F)(F)F)cc4)cc3)cn2C)cn1C. The molecule has 0 spiro atoms. The quantitative estimate of drug-likeness (QED) is 0.111. The summed E-state index contributed by atoms with van der Waals surface area (Å²) in [5.74, 6) is -0.728. The molecule has 5 N–H and O–H groups in total. The summed E-state index contributed by atoms with van der Waals surface area (Å²) in [7, 11) is 4.92. The highest BCUT2D eigenvalue weighted by molar-refractivity contribution is 6.07. The molecule has 0 saturated heterocycles. The molecular formula is C32H32F3N7O3. The van der Waals surface area contributed by atoms with Crippen LogP contribution in [0, 0.1) is 0 Å². The molecule has 0 radical (unpaired) electrons. The second-order valence-corrected chi connectivity index (χ2v) is 10.2. The van der Waals surface area contributed by atoms with Gasteiger partial charge in [-0.15, -0.1) is 0 Å². The van der Waals surface area contributed by atoms with Gasteiger partial charge in [0.05, 0.1) is 22.8 Å². The summed E-state index contributed by atoms with van der Waals surface area (Å²) in [5.41, 5.74) is 8.11. The van der Waals surface area contributed by atoms with E-state index in [-0.39, 0.29) is 11.6 Å². The lowest BCUT2D eigenvalue weighted by molar-refractivity contribution is -0.137. The molecule has 0 unspecified atom stereocenters. The third-order valence-electron chi connectivity index (χ3n) is 6.82. The average Bonchev–Trinajstić information content (AvgIpc) is 3.56. The topological polar surface area (TPSA) is 136 Å². The molecule has 3 amide bonds. The molecular weight excluding hydrogens is 587 g/mol. The minimum absolute atomic E-state index is 0.276. The number of benzene rings is 2. The number of aliphatic imine (C=N–C) groups is 1. The van der Waals surface area contributed by atoms with Crippen molar-refractivity contribution >= 4 is 47.1 Å². The predicted octanol–water partition coefficient (Wildman–Crippen LogP) is 5.16. The Morgan fingerprint density at radius 1 is 0.800 bits per heavy atom. The van der Waals surface area contributed by atoms with Crippen molar-refractivity contribution in [2.75, 3.05) is 24.2 Å². The van der Waals surface area contributed by atoms with Crippen LogP contribution in [0.2, 0.25) is 0 Å². The van der Waals surface area contributed by atoms with Crippen molar-refractivity contribution in [1.82, 2.24) is 14.5 Å². The molecule has 13 heteroatoms. The van der Waals surface area contributed by atoms with Gasteiger partial charge in [-0.1, -0.05) is 36.4 Å². The van der Waals surface area contributed by atoms with Gasteiger partial charge >= 0.3 is 6.18 Å². The van der Waals surface area contributed by atoms with Crippen molar-refractivity contribution in [2.24, 2.45) is 24.8 Å². The number of halogens is 3. The first kappa shape index (κ1) is 32.3. The summed E-state index contributed by atoms with van der Waals surface area (Å²) < 4.78 is 41.4. The van der Waals surface area contributed by atoms with Crippen LogP contribution in [-0.4, -0.2) is 46.3 Å². The molecule has 4 rings (SSSR count). The zero-order chi connectivity index (χ0) is 32.7. The second-order valence-electron chi connectivity index (χ2n) is 10.2. The molecule has 2 aromatic heterocycles. The number of anilines is 2. The van der Waals surface area contributed by atoms with Gasteiger partial charge in [0.1, 0.15) is 11.4 Å². The lowest BCUT2D eigenvalue weighted by Crippen LogP contribution is -2.29. The number of hydrogen-bond acceptors (Lipinski definition) is 4. The number of carbonyl (C=O) groups excluding carboxylic acids is 3. The summed E-state index contributed by atoms with van der Waals surface area (Å²) in [6.45, 7) is 0.319. The van der Waals surface area contributed by atoms with E-state index in [4.69, 9.17) is 5.73 Å². The first-order valence-electron chi connectivity index (χ1n) is 13.7. The molecule has 2 heterocycles. The van der Waals surface area contributed by atoms with Crippen molar-refractivity contribution in [3.63, 3.8) is 0 Å². The number of alkyl halides is 3. The highest BCUT2D eigenvalue weighted by Crippen LogP contribution is 2.29. The van der Waals surface area contributed by atoms with Crippen LogP contribution in [0.3, 0.4) is 0 Å². The Kier molecular flexibility index (Phi) is 9.91. The van der Waals surface area contributed by atoms with Crippen LogP contribution in [0.15, 0.2) is 78.0 Å². The van der Waals surface area contributed by atoms with E-state index in [9.17, 15) is 27.6 Å². The number of amides is 3. The highest BCUT2D eigenvalue weighted by Gasteiger charge is 2.29. The molecule has 0 aliphatic carbocycles. The van der Waals surface area contributed by atoms with E-state index < -0.39 is 23.6 Å². The maximum atomic E-state index is 13.0. The summed E-state index contributed by atoms with van der Waals surface area (Å²) in [6, 6.07) is 14.6. The first-order valence-corrected chi connectivity index (χ1v) is 13.7. The Labute approximate surface area is 257 Å². The van der Waals surface area contributed by atoms with Crippen molar-refractivity contribution in [3.8, 4) is 0 Å². The van der Waals surface area contributed by atoms with Crippen molar-refractivity contribution in [3.05, 3.63) is 107 Å². The fourth-order valence-electron chi connectivity index (χ4n) is 4.34. The van der Waals surface area contributed by atoms with Crippen LogP contribution in [0.4, 0.5) is 24.5 Å². The number of nitrogens with two attached hydrogens (primary N) is 1. The van der Waals surface area contributed by atoms with Gasteiger partial charge < -0.3 is 30.8 Å². The average molecular weight is 620 g/mol. The fraction of sp³-hybridized carbons (Fsp3) is 0.188. The molecule has 0 atom stereocenters. The Hall–Kier alpha value is -5.59. The molecule has 10 nitrogen and oxygen atoms in total. The van der Waals surface area contributed by atoms with Crippen molar-refractivity contribution in [2.45, 2.75) is 12.6 Å². The molecule has 0 aliphatic heterocycles. The van der Waals surface area contributed by atoms with Crippen LogP contribution in [0.25, 0.3) is 12.2 Å². The molecule has 45 heavy (non-hydrogen) atoms. The third-order valence-corrected chi connectivity index (χ3v) is 6.82. The number of nitrogens with zero attached hydrogens (tertiary/aromatic N) is 3. The van der Waals surface area contributed by atoms with Gasteiger partial charge in [-0.05, 0) is 47.5 Å². The normalized spacial score (nSPS) is 11.9. The van der Waals surface area contributed by atoms with Gasteiger partial charge in [-0.3, -0.25) is 19.4 Å². The molecule has 0 bridgehead atoms. The van der Waals surface area contributed by atoms with E-state index in [2.05, 4.69) is 20.9 Å². The zero-order valence-corrected chi connectivity index (χ0v) is 24.8. The zero-order valence-electron chi connectivity index (χ0n) is 24.8. The molecule has 0 aliphatic rings. The number of carbonyl (C=O) groups is 3. The second kappa shape index (κ2) is 13.8. The number of aryl methyl sites for hydroxylation is 2. The summed E-state index contributed by atoms with van der Waals surface area (Å²) in [4.78, 5) is 42.2. The number of amidine groups is 1. The number of rotatable bonds is 10. The Morgan fingerprint density at radius 3 is 1.80 bits per heavy atom. The Morgan fingerprint density at radius 2 is 1.29 bits per heavy atom. The summed E-state index contributed by atoms with van der Waals surface area (Å²) in [6.07, 6.45) is 2.65. The molecule has 0 saturated carbocycles. The lowest BCUT2D eigenvalue weighted by Gasteiger charge is -2.06. The standard InChI is InChI=1S/C32H32F3N7O3/c1-37-28(36)14-15-38-30(44)26-16-25(19-41(26)2)40-31(45)27-17-24(18-42(27)3)39-29(43)22-10-6-20(7-11-22)4-5-21-8-12-23(13-9-21)32(33,34)35/h4-13,16-19H,14-15H2,1-3H3,(H2,36,37)(H,38,44)(H,39,43)(H,40,45)/b5-4+. The molecule has 0 fully saturated rings. The van der Waals surface area contributed by atoms with Crippen LogP contribution in [-0.2, 0) is 20.3 Å². The highest BCUT2D eigenvalue weighted by atomic mass is 19.4. The monoisotopic (exact) mass is 619 g/mol. The van der Waals surface area contributed by atoms with Crippen LogP contribution in [0.5, 0.6) is 0 Å². The van der Waals surface area contributed by atoms with Gasteiger partial charge in [0.15, 0.2) is 0 Å². The largest absolute Gasteiger partial charge is 0.416 e. The molecule has 2 aromatic carbocycles. The fourth-order valence-corrected chi connectivity index (χ4v) is 4.34. The third kappa shape index (κ3) is 8.50. The summed E-state index contributed by atoms with van der Waals surface area (Å²) in [5, 5.41) is 8.29. The maximum absolute atomic E-state index is 13.0. The number of nitrogens with one attached hydrogen (secondary N) is 3. The minimum Gasteiger partial charge on any atom is -0.387 e. The summed E-state index contributed by atoms with van der Waals surface area (Å²) >= 11 is 0. The Balaban J connectivity index is 1.34. The predicted molar refractivity (Wildman–Crippen MR) is 168 cm³/mol. The van der Waals surface area contributed by atoms with E-state index in [0.717, 1.165) is 17.7 Å². The molecule has 234 valence electrons. The van der Waals surface area contributed by atoms with Crippen molar-refractivity contribution < 1.29 is 27.6 Å². The first-order chi connectivity index (χ1) is 21.3. The number of aromatic nitrogens is 2. The van der Waals surface area contributed by atoms with Gasteiger partial charge in [0, 0.05) is 52.1 Å². The maximum Gasteiger partial charge on any atom is 0.416 e. The lowest BCUT2D eigenvalue weighted by atomic mass is 10.1. The van der Waals surface area contributed by atoms with Crippen molar-refractivity contribution in [1.29, 1.82) is 0 Å². The number of hydrogen-bond donors (Lipinski definition) is 4.